The Morgan fingerprint density at radius 1 is 1.03 bits per heavy atom. The maximum absolute atomic E-state index is 12.4. The van der Waals surface area contributed by atoms with Crippen molar-refractivity contribution >= 4 is 56.4 Å². The number of nitrogens with one attached hydrogen (secondary N) is 2. The Hall–Kier alpha value is -2.41. The molecule has 1 amide bonds. The summed E-state index contributed by atoms with van der Waals surface area (Å²) in [5.74, 6) is 0.723. The van der Waals surface area contributed by atoms with Crippen LogP contribution in [-0.2, 0) is 11.3 Å². The monoisotopic (exact) mass is 550 g/mol. The molecule has 0 saturated carbocycles. The number of halogens is 3. The van der Waals surface area contributed by atoms with Crippen LogP contribution in [0.1, 0.15) is 23.6 Å². The molecule has 0 aliphatic rings. The highest BCUT2D eigenvalue weighted by Gasteiger charge is 2.15. The van der Waals surface area contributed by atoms with Crippen molar-refractivity contribution in [2.24, 2.45) is 0 Å². The van der Waals surface area contributed by atoms with Gasteiger partial charge in [0.05, 0.1) is 11.1 Å². The van der Waals surface area contributed by atoms with Crippen molar-refractivity contribution in [1.29, 1.82) is 0 Å². The number of rotatable bonds is 9. The molecule has 8 heteroatoms. The van der Waals surface area contributed by atoms with Crippen molar-refractivity contribution in [1.82, 2.24) is 0 Å². The number of aryl methyl sites for hydroxylation is 1. The van der Waals surface area contributed by atoms with Crippen molar-refractivity contribution in [3.63, 3.8) is 0 Å². The van der Waals surface area contributed by atoms with Crippen LogP contribution in [0.2, 0.25) is 10.0 Å². The third-order valence-electron chi connectivity index (χ3n) is 4.92. The molecule has 0 aliphatic carbocycles. The first-order valence-corrected chi connectivity index (χ1v) is 12.0. The molecule has 33 heavy (non-hydrogen) atoms. The highest BCUT2D eigenvalue weighted by atomic mass is 79.9. The number of hydrogen-bond acceptors (Lipinski definition) is 4. The minimum Gasteiger partial charge on any atom is -0.490 e. The van der Waals surface area contributed by atoms with Crippen molar-refractivity contribution in [3.8, 4) is 11.5 Å². The Kier molecular flexibility index (Phi) is 8.89. The zero-order valence-corrected chi connectivity index (χ0v) is 21.7. The van der Waals surface area contributed by atoms with Crippen LogP contribution < -0.4 is 20.1 Å². The van der Waals surface area contributed by atoms with Crippen molar-refractivity contribution in [3.05, 3.63) is 79.7 Å². The lowest BCUT2D eigenvalue weighted by Crippen LogP contribution is -2.20. The van der Waals surface area contributed by atoms with E-state index in [0.717, 1.165) is 22.4 Å². The first-order chi connectivity index (χ1) is 15.8. The fraction of sp³-hybridized carbons (Fsp3) is 0.240. The molecule has 0 fully saturated rings. The van der Waals surface area contributed by atoms with Gasteiger partial charge < -0.3 is 20.1 Å². The molecular weight excluding hydrogens is 527 g/mol. The van der Waals surface area contributed by atoms with Crippen molar-refractivity contribution in [2.75, 3.05) is 23.8 Å². The summed E-state index contributed by atoms with van der Waals surface area (Å²) in [5, 5.41) is 7.49. The summed E-state index contributed by atoms with van der Waals surface area (Å²) >= 11 is 15.9. The van der Waals surface area contributed by atoms with Gasteiger partial charge in [0.15, 0.2) is 18.1 Å². The Labute approximate surface area is 212 Å². The van der Waals surface area contributed by atoms with Gasteiger partial charge in [0.25, 0.3) is 5.91 Å². The fourth-order valence-corrected chi connectivity index (χ4v) is 4.09. The second kappa shape index (κ2) is 11.6. The standard InChI is InChI=1S/C25H25BrCl2N2O3/c1-4-32-23-11-17(13-29-22-7-5-6-20(27)16(22)3)10-19(26)25(23)33-14-24(31)30-18-9-8-15(2)21(28)12-18/h5-12,29H,4,13-14H2,1-3H3,(H,30,31). The molecule has 3 aromatic carbocycles. The number of anilines is 2. The minimum atomic E-state index is -0.300. The molecule has 0 spiro atoms. The summed E-state index contributed by atoms with van der Waals surface area (Å²) in [6.07, 6.45) is 0. The second-order valence-corrected chi connectivity index (χ2v) is 9.07. The van der Waals surface area contributed by atoms with Gasteiger partial charge in [-0.1, -0.05) is 35.3 Å². The van der Waals surface area contributed by atoms with Gasteiger partial charge in [-0.05, 0) is 89.8 Å². The average molecular weight is 552 g/mol. The van der Waals surface area contributed by atoms with Gasteiger partial charge in [-0.3, -0.25) is 4.79 Å². The molecule has 174 valence electrons. The lowest BCUT2D eigenvalue weighted by molar-refractivity contribution is -0.118. The summed E-state index contributed by atoms with van der Waals surface area (Å²) < 4.78 is 12.3. The zero-order chi connectivity index (χ0) is 24.0. The van der Waals surface area contributed by atoms with Gasteiger partial charge in [-0.2, -0.15) is 0 Å². The van der Waals surface area contributed by atoms with Crippen LogP contribution in [0.4, 0.5) is 11.4 Å². The van der Waals surface area contributed by atoms with E-state index in [1.807, 2.05) is 57.2 Å². The highest BCUT2D eigenvalue weighted by molar-refractivity contribution is 9.10. The van der Waals surface area contributed by atoms with Crippen LogP contribution in [0, 0.1) is 13.8 Å². The maximum Gasteiger partial charge on any atom is 0.262 e. The molecule has 3 rings (SSSR count). The lowest BCUT2D eigenvalue weighted by atomic mass is 10.1. The molecule has 5 nitrogen and oxygen atoms in total. The van der Waals surface area contributed by atoms with E-state index in [9.17, 15) is 4.79 Å². The molecule has 0 heterocycles. The van der Waals surface area contributed by atoms with Gasteiger partial charge in [0.2, 0.25) is 0 Å². The van der Waals surface area contributed by atoms with Crippen molar-refractivity contribution in [2.45, 2.75) is 27.3 Å². The first-order valence-electron chi connectivity index (χ1n) is 10.4. The van der Waals surface area contributed by atoms with Crippen LogP contribution in [0.15, 0.2) is 53.0 Å². The molecule has 0 unspecified atom stereocenters. The summed E-state index contributed by atoms with van der Waals surface area (Å²) in [7, 11) is 0. The second-order valence-electron chi connectivity index (χ2n) is 7.40. The molecule has 0 radical (unpaired) electrons. The van der Waals surface area contributed by atoms with Crippen LogP contribution >= 0.6 is 39.1 Å². The Bertz CT molecular complexity index is 1150. The van der Waals surface area contributed by atoms with Gasteiger partial charge in [0, 0.05) is 28.0 Å². The molecule has 0 atom stereocenters. The van der Waals surface area contributed by atoms with E-state index in [0.29, 0.717) is 44.9 Å². The molecular formula is C25H25BrCl2N2O3. The van der Waals surface area contributed by atoms with Crippen LogP contribution in [0.5, 0.6) is 11.5 Å². The van der Waals surface area contributed by atoms with Gasteiger partial charge in [-0.15, -0.1) is 0 Å². The lowest BCUT2D eigenvalue weighted by Gasteiger charge is -2.16. The third kappa shape index (κ3) is 6.79. The molecule has 0 saturated heterocycles. The average Bonchev–Trinajstić information content (AvgIpc) is 2.77. The molecule has 0 aliphatic heterocycles. The number of carbonyl (C=O) groups is 1. The van der Waals surface area contributed by atoms with Crippen molar-refractivity contribution < 1.29 is 14.3 Å². The van der Waals surface area contributed by atoms with E-state index in [4.69, 9.17) is 32.7 Å². The number of ether oxygens (including phenoxy) is 2. The van der Waals surface area contributed by atoms with Gasteiger partial charge >= 0.3 is 0 Å². The van der Waals surface area contributed by atoms with E-state index < -0.39 is 0 Å². The van der Waals surface area contributed by atoms with Gasteiger partial charge in [-0.25, -0.2) is 0 Å². The predicted octanol–water partition coefficient (Wildman–Crippen LogP) is 7.40. The summed E-state index contributed by atoms with van der Waals surface area (Å²) in [4.78, 5) is 12.4. The number of amides is 1. The molecule has 0 bridgehead atoms. The van der Waals surface area contributed by atoms with E-state index in [-0.39, 0.29) is 12.5 Å². The molecule has 3 aromatic rings. The maximum atomic E-state index is 12.4. The topological polar surface area (TPSA) is 59.6 Å². The summed E-state index contributed by atoms with van der Waals surface area (Å²) in [5.41, 5.74) is 4.49. The van der Waals surface area contributed by atoms with E-state index in [1.165, 1.54) is 0 Å². The minimum absolute atomic E-state index is 0.177. The van der Waals surface area contributed by atoms with E-state index >= 15 is 0 Å². The smallest absolute Gasteiger partial charge is 0.262 e. The third-order valence-corrected chi connectivity index (χ3v) is 6.33. The van der Waals surface area contributed by atoms with Crippen LogP contribution in [0.3, 0.4) is 0 Å². The fourth-order valence-electron chi connectivity index (χ4n) is 3.13. The summed E-state index contributed by atoms with van der Waals surface area (Å²) in [6.45, 7) is 6.61. The van der Waals surface area contributed by atoms with Crippen LogP contribution in [-0.4, -0.2) is 19.1 Å². The zero-order valence-electron chi connectivity index (χ0n) is 18.6. The van der Waals surface area contributed by atoms with Gasteiger partial charge in [0.1, 0.15) is 0 Å². The molecule has 0 aromatic heterocycles. The quantitative estimate of drug-likeness (QED) is 0.291. The van der Waals surface area contributed by atoms with E-state index in [1.54, 1.807) is 12.1 Å². The number of carbonyl (C=O) groups excluding carboxylic acids is 1. The number of benzene rings is 3. The Morgan fingerprint density at radius 2 is 1.82 bits per heavy atom. The SMILES string of the molecule is CCOc1cc(CNc2cccc(Cl)c2C)cc(Br)c1OCC(=O)Nc1ccc(C)c(Cl)c1. The first kappa shape index (κ1) is 25.2. The Morgan fingerprint density at radius 3 is 2.55 bits per heavy atom. The predicted molar refractivity (Wildman–Crippen MR) is 139 cm³/mol. The largest absolute Gasteiger partial charge is 0.490 e. The van der Waals surface area contributed by atoms with Crippen LogP contribution in [0.25, 0.3) is 0 Å². The highest BCUT2D eigenvalue weighted by Crippen LogP contribution is 2.37. The number of hydrogen-bond donors (Lipinski definition) is 2. The molecule has 2 N–H and O–H groups in total. The normalized spacial score (nSPS) is 10.6. The Balaban J connectivity index is 1.69. The van der Waals surface area contributed by atoms with E-state index in [2.05, 4.69) is 26.6 Å². The summed E-state index contributed by atoms with van der Waals surface area (Å²) in [6, 6.07) is 14.9.